The molecule has 6 nitrogen and oxygen atoms in total. The Morgan fingerprint density at radius 2 is 1.44 bits per heavy atom. The summed E-state index contributed by atoms with van der Waals surface area (Å²) in [5, 5.41) is 2.32. The predicted molar refractivity (Wildman–Crippen MR) is 213 cm³/mol. The predicted octanol–water partition coefficient (Wildman–Crippen LogP) is 11.6. The Labute approximate surface area is 322 Å². The number of fused-ring (bicyclic) bond motifs is 6. The Morgan fingerprint density at radius 1 is 0.731 bits per heavy atom. The number of anilines is 5. The molecule has 0 amide bonds. The molecule has 8 heteroatoms. The van der Waals surface area contributed by atoms with Crippen LogP contribution in [0.2, 0.25) is 0 Å². The first-order valence-electron chi connectivity index (χ1n) is 17.1. The zero-order valence-electron chi connectivity index (χ0n) is 29.5. The summed E-state index contributed by atoms with van der Waals surface area (Å²) >= 11 is 1.80. The number of ether oxygens (including phenoxy) is 1. The number of rotatable bonds is 6. The van der Waals surface area contributed by atoms with Crippen molar-refractivity contribution in [1.29, 1.82) is 0 Å². The van der Waals surface area contributed by atoms with Crippen LogP contribution in [0.1, 0.15) is 26.3 Å². The van der Waals surface area contributed by atoms with Crippen molar-refractivity contribution in [3.05, 3.63) is 146 Å². The maximum atomic E-state index is 6.56. The van der Waals surface area contributed by atoms with E-state index in [1.807, 2.05) is 44.6 Å². The number of aromatic nitrogens is 2. The van der Waals surface area contributed by atoms with Crippen LogP contribution >= 0.6 is 11.3 Å². The molecule has 52 heavy (non-hydrogen) atoms. The van der Waals surface area contributed by atoms with Gasteiger partial charge in [0, 0.05) is 96.5 Å². The Hall–Kier alpha value is -5.10. The van der Waals surface area contributed by atoms with Crippen LogP contribution < -0.4 is 19.4 Å². The van der Waals surface area contributed by atoms with Crippen LogP contribution in [0.4, 0.5) is 28.4 Å². The first-order chi connectivity index (χ1) is 24.7. The maximum Gasteiger partial charge on any atom is 0.137 e. The van der Waals surface area contributed by atoms with E-state index in [0.29, 0.717) is 11.5 Å². The quantitative estimate of drug-likeness (QED) is 0.156. The van der Waals surface area contributed by atoms with E-state index in [-0.39, 0.29) is 26.5 Å². The van der Waals surface area contributed by atoms with E-state index in [9.17, 15) is 0 Å². The third kappa shape index (κ3) is 5.73. The third-order valence-electron chi connectivity index (χ3n) is 9.47. The molecule has 0 unspecified atom stereocenters. The summed E-state index contributed by atoms with van der Waals surface area (Å²) in [6.07, 6.45) is 1.87. The van der Waals surface area contributed by atoms with Crippen molar-refractivity contribution < 1.29 is 25.8 Å². The molecule has 0 aliphatic carbocycles. The van der Waals surface area contributed by atoms with Crippen LogP contribution in [-0.2, 0) is 26.5 Å². The minimum atomic E-state index is -0.0163. The molecule has 8 aromatic rings. The topological polar surface area (TPSA) is 36.8 Å². The third-order valence-corrected chi connectivity index (χ3v) is 10.7. The van der Waals surface area contributed by atoms with Crippen molar-refractivity contribution in [2.24, 2.45) is 0 Å². The van der Waals surface area contributed by atoms with Crippen molar-refractivity contribution in [3.8, 4) is 17.3 Å². The van der Waals surface area contributed by atoms with E-state index in [1.54, 1.807) is 11.3 Å². The molecule has 0 atom stereocenters. The van der Waals surface area contributed by atoms with Gasteiger partial charge in [-0.15, -0.1) is 54.0 Å². The summed E-state index contributed by atoms with van der Waals surface area (Å²) < 4.78 is 11.2. The molecule has 3 aromatic heterocycles. The SMILES string of the molecule is CN(C)c1ccnc(-n2c3[c-]c(Oc4[c-]c(N5[CH-]N(c6ccccc6C(C)(C)C)c6ccccc65)ccc4)ccc3c3sc4ccccc4c32)c1.[Pt]. The first kappa shape index (κ1) is 34.0. The van der Waals surface area contributed by atoms with E-state index in [2.05, 4.69) is 150 Å². The van der Waals surface area contributed by atoms with Gasteiger partial charge < -0.3 is 24.0 Å². The molecule has 0 N–H and O–H groups in total. The van der Waals surface area contributed by atoms with Gasteiger partial charge in [-0.1, -0.05) is 80.2 Å². The summed E-state index contributed by atoms with van der Waals surface area (Å²) in [5.74, 6) is 2.06. The number of thiophene rings is 1. The molecular weight excluding hydrogens is 842 g/mol. The number of para-hydroxylation sites is 3. The van der Waals surface area contributed by atoms with Gasteiger partial charge >= 0.3 is 0 Å². The first-order valence-corrected chi connectivity index (χ1v) is 17.9. The minimum absolute atomic E-state index is 0. The Kier molecular flexibility index (Phi) is 8.60. The molecule has 0 saturated heterocycles. The zero-order valence-corrected chi connectivity index (χ0v) is 32.6. The van der Waals surface area contributed by atoms with Crippen molar-refractivity contribution >= 4 is 71.0 Å². The van der Waals surface area contributed by atoms with Gasteiger partial charge in [-0.25, -0.2) is 4.98 Å². The van der Waals surface area contributed by atoms with Gasteiger partial charge in [0.05, 0.1) is 5.52 Å². The van der Waals surface area contributed by atoms with Crippen molar-refractivity contribution in [2.45, 2.75) is 26.2 Å². The fraction of sp³-hybridized carbons (Fsp3) is 0.136. The fourth-order valence-electron chi connectivity index (χ4n) is 7.04. The van der Waals surface area contributed by atoms with E-state index < -0.39 is 0 Å². The van der Waals surface area contributed by atoms with Crippen LogP contribution in [0.25, 0.3) is 37.0 Å². The molecule has 0 fully saturated rings. The summed E-state index contributed by atoms with van der Waals surface area (Å²) in [7, 11) is 4.10. The van der Waals surface area contributed by atoms with Gasteiger partial charge in [-0.3, -0.25) is 0 Å². The molecule has 0 spiro atoms. The number of hydrogen-bond donors (Lipinski definition) is 0. The maximum absolute atomic E-state index is 6.56. The standard InChI is InChI=1S/C44H36N5OS.Pt/c1-44(2,3)35-16-7-8-17-36(35)48-28-47(37-18-9-10-19-38(37)48)30-13-12-14-31(25-30)50-32-21-22-33-39(27-32)49(41-26-29(46(4)5)23-24-45-41)42-34-15-6-11-20-40(34)51-43(33)42;/h6-24,26,28H,1-5H3;/q-3;. The average Bonchev–Trinajstić information content (AvgIpc) is 3.80. The van der Waals surface area contributed by atoms with E-state index in [0.717, 1.165) is 50.7 Å². The fourth-order valence-corrected chi connectivity index (χ4v) is 8.25. The molecule has 5 aromatic carbocycles. The molecule has 0 radical (unpaired) electrons. The summed E-state index contributed by atoms with van der Waals surface area (Å²) in [4.78, 5) is 11.4. The number of pyridine rings is 1. The molecule has 1 aliphatic rings. The van der Waals surface area contributed by atoms with Gasteiger partial charge in [0.25, 0.3) is 0 Å². The molecule has 4 heterocycles. The van der Waals surface area contributed by atoms with E-state index in [4.69, 9.17) is 9.72 Å². The smallest absolute Gasteiger partial charge is 0.137 e. The monoisotopic (exact) mass is 877 g/mol. The van der Waals surface area contributed by atoms with Crippen molar-refractivity contribution in [3.63, 3.8) is 0 Å². The Bertz CT molecular complexity index is 2600. The van der Waals surface area contributed by atoms with Gasteiger partial charge in [0.2, 0.25) is 0 Å². The molecule has 1 aliphatic heterocycles. The van der Waals surface area contributed by atoms with Crippen LogP contribution in [0.15, 0.2) is 121 Å². The Morgan fingerprint density at radius 3 is 2.23 bits per heavy atom. The molecule has 0 bridgehead atoms. The number of nitrogens with zero attached hydrogens (tertiary/aromatic N) is 5. The van der Waals surface area contributed by atoms with Gasteiger partial charge in [-0.2, -0.15) is 12.1 Å². The molecule has 9 rings (SSSR count). The Balaban J connectivity index is 0.00000387. The van der Waals surface area contributed by atoms with Crippen molar-refractivity contribution in [2.75, 3.05) is 28.8 Å². The molecular formula is C44H36N5OPtS-3. The van der Waals surface area contributed by atoms with E-state index >= 15 is 0 Å². The summed E-state index contributed by atoms with van der Waals surface area (Å²) in [6, 6.07) is 47.2. The van der Waals surface area contributed by atoms with E-state index in [1.165, 1.54) is 20.3 Å². The van der Waals surface area contributed by atoms with Crippen LogP contribution in [-0.4, -0.2) is 23.6 Å². The normalized spacial score (nSPS) is 12.8. The number of benzene rings is 5. The van der Waals surface area contributed by atoms with Gasteiger partial charge in [0.15, 0.2) is 0 Å². The van der Waals surface area contributed by atoms with Crippen LogP contribution in [0.5, 0.6) is 11.5 Å². The van der Waals surface area contributed by atoms with Gasteiger partial charge in [0.1, 0.15) is 5.82 Å². The van der Waals surface area contributed by atoms with Gasteiger partial charge in [-0.05, 0) is 41.3 Å². The summed E-state index contributed by atoms with van der Waals surface area (Å²) in [5.41, 5.74) is 8.66. The second-order valence-corrected chi connectivity index (χ2v) is 15.1. The summed E-state index contributed by atoms with van der Waals surface area (Å²) in [6.45, 7) is 8.93. The van der Waals surface area contributed by atoms with Crippen LogP contribution in [0.3, 0.4) is 0 Å². The second kappa shape index (κ2) is 13.1. The average molecular weight is 878 g/mol. The largest absolute Gasteiger partial charge is 0.509 e. The zero-order chi connectivity index (χ0) is 34.9. The molecule has 0 saturated carbocycles. The second-order valence-electron chi connectivity index (χ2n) is 14.1. The van der Waals surface area contributed by atoms with Crippen molar-refractivity contribution in [1.82, 2.24) is 9.55 Å². The number of hydrogen-bond acceptors (Lipinski definition) is 6. The van der Waals surface area contributed by atoms with Crippen LogP contribution in [0, 0.1) is 18.8 Å². The molecule has 262 valence electrons. The minimum Gasteiger partial charge on any atom is -0.509 e.